The molecule has 5 aromatic carbocycles. The molecular weight excluding hydrogens is 544 g/mol. The van der Waals surface area contributed by atoms with Crippen LogP contribution >= 0.6 is 0 Å². The smallest absolute Gasteiger partial charge is 0.258 e. The van der Waals surface area contributed by atoms with Gasteiger partial charge in [0.2, 0.25) is 0 Å². The maximum Gasteiger partial charge on any atom is 0.258 e. The van der Waals surface area contributed by atoms with E-state index in [2.05, 4.69) is 59.0 Å². The van der Waals surface area contributed by atoms with Gasteiger partial charge >= 0.3 is 0 Å². The standard InChI is InChI=1S/C38H34N4O2/c1-41(25-27-12-6-3-7-13-27)26-28-18-21-31(22-19-28)39-36(29-14-8-4-9-15-29)35-33-24-30(20-23-34(33)40-37(35)43)38(44)42(2)32-16-10-5-11-17-32/h3-24,39H,25-26H2,1-2H3,(H,40,43). The van der Waals surface area contributed by atoms with Crippen molar-refractivity contribution >= 4 is 40.1 Å². The summed E-state index contributed by atoms with van der Waals surface area (Å²) >= 11 is 0. The Kier molecular flexibility index (Phi) is 8.34. The molecule has 0 spiro atoms. The first kappa shape index (κ1) is 28.6. The molecule has 0 fully saturated rings. The van der Waals surface area contributed by atoms with Gasteiger partial charge in [0, 0.05) is 48.3 Å². The van der Waals surface area contributed by atoms with Gasteiger partial charge in [0.1, 0.15) is 0 Å². The molecule has 6 rings (SSSR count). The molecule has 44 heavy (non-hydrogen) atoms. The van der Waals surface area contributed by atoms with E-state index in [4.69, 9.17) is 0 Å². The van der Waals surface area contributed by atoms with E-state index >= 15 is 0 Å². The van der Waals surface area contributed by atoms with Crippen molar-refractivity contribution in [2.24, 2.45) is 0 Å². The largest absolute Gasteiger partial charge is 0.354 e. The van der Waals surface area contributed by atoms with Gasteiger partial charge in [0.25, 0.3) is 11.8 Å². The zero-order chi connectivity index (χ0) is 30.5. The van der Waals surface area contributed by atoms with Gasteiger partial charge in [-0.2, -0.15) is 0 Å². The second kappa shape index (κ2) is 12.8. The lowest BCUT2D eigenvalue weighted by molar-refractivity contribution is -0.110. The minimum Gasteiger partial charge on any atom is -0.354 e. The minimum absolute atomic E-state index is 0.153. The number of fused-ring (bicyclic) bond motifs is 1. The molecule has 0 aliphatic carbocycles. The van der Waals surface area contributed by atoms with E-state index in [1.165, 1.54) is 11.1 Å². The van der Waals surface area contributed by atoms with Crippen LogP contribution in [0.15, 0.2) is 133 Å². The number of carbonyl (C=O) groups excluding carboxylic acids is 2. The van der Waals surface area contributed by atoms with Crippen LogP contribution in [-0.2, 0) is 17.9 Å². The van der Waals surface area contributed by atoms with Crippen LogP contribution in [-0.4, -0.2) is 30.8 Å². The van der Waals surface area contributed by atoms with Gasteiger partial charge in [-0.25, -0.2) is 0 Å². The van der Waals surface area contributed by atoms with Crippen molar-refractivity contribution in [2.45, 2.75) is 13.1 Å². The lowest BCUT2D eigenvalue weighted by Crippen LogP contribution is -2.26. The summed E-state index contributed by atoms with van der Waals surface area (Å²) in [6.07, 6.45) is 0. The highest BCUT2D eigenvalue weighted by Crippen LogP contribution is 2.38. The summed E-state index contributed by atoms with van der Waals surface area (Å²) in [5.74, 6) is -0.369. The first-order chi connectivity index (χ1) is 21.5. The number of amides is 2. The van der Waals surface area contributed by atoms with Crippen LogP contribution in [0.3, 0.4) is 0 Å². The maximum atomic E-state index is 13.5. The van der Waals surface area contributed by atoms with E-state index < -0.39 is 0 Å². The van der Waals surface area contributed by atoms with Crippen LogP contribution in [0.5, 0.6) is 0 Å². The highest BCUT2D eigenvalue weighted by Gasteiger charge is 2.30. The molecule has 0 bridgehead atoms. The Morgan fingerprint density at radius 3 is 1.93 bits per heavy atom. The van der Waals surface area contributed by atoms with E-state index in [1.807, 2.05) is 78.9 Å². The van der Waals surface area contributed by atoms with Gasteiger partial charge < -0.3 is 15.5 Å². The first-order valence-electron chi connectivity index (χ1n) is 14.6. The molecule has 0 aromatic heterocycles. The zero-order valence-corrected chi connectivity index (χ0v) is 24.8. The molecule has 6 heteroatoms. The van der Waals surface area contributed by atoms with Crippen LogP contribution in [0.25, 0.3) is 11.3 Å². The Hall–Kier alpha value is -5.46. The highest BCUT2D eigenvalue weighted by molar-refractivity contribution is 6.37. The number of benzene rings is 5. The molecule has 0 unspecified atom stereocenters. The molecule has 1 aliphatic rings. The second-order valence-electron chi connectivity index (χ2n) is 11.0. The summed E-state index contributed by atoms with van der Waals surface area (Å²) in [6.45, 7) is 1.68. The topological polar surface area (TPSA) is 64.7 Å². The predicted molar refractivity (Wildman–Crippen MR) is 179 cm³/mol. The summed E-state index contributed by atoms with van der Waals surface area (Å²) in [7, 11) is 3.87. The summed E-state index contributed by atoms with van der Waals surface area (Å²) in [6, 6.07) is 43.4. The third-order valence-electron chi connectivity index (χ3n) is 7.74. The van der Waals surface area contributed by atoms with Crippen molar-refractivity contribution in [1.82, 2.24) is 4.90 Å². The number of anilines is 3. The van der Waals surface area contributed by atoms with Crippen molar-refractivity contribution in [1.29, 1.82) is 0 Å². The Morgan fingerprint density at radius 1 is 0.682 bits per heavy atom. The summed E-state index contributed by atoms with van der Waals surface area (Å²) < 4.78 is 0. The van der Waals surface area contributed by atoms with E-state index in [0.29, 0.717) is 28.1 Å². The predicted octanol–water partition coefficient (Wildman–Crippen LogP) is 7.53. The fourth-order valence-electron chi connectivity index (χ4n) is 5.50. The Bertz CT molecular complexity index is 1800. The fraction of sp³-hybridized carbons (Fsp3) is 0.105. The van der Waals surface area contributed by atoms with E-state index in [-0.39, 0.29) is 11.8 Å². The molecule has 2 N–H and O–H groups in total. The van der Waals surface area contributed by atoms with Crippen molar-refractivity contribution in [3.63, 3.8) is 0 Å². The first-order valence-corrected chi connectivity index (χ1v) is 14.6. The average Bonchev–Trinajstić information content (AvgIpc) is 3.39. The molecule has 0 saturated carbocycles. The molecule has 5 aromatic rings. The van der Waals surface area contributed by atoms with Crippen molar-refractivity contribution < 1.29 is 9.59 Å². The summed E-state index contributed by atoms with van der Waals surface area (Å²) in [4.78, 5) is 30.8. The molecular formula is C38H34N4O2. The molecule has 6 nitrogen and oxygen atoms in total. The van der Waals surface area contributed by atoms with Crippen molar-refractivity contribution in [3.05, 3.63) is 161 Å². The number of rotatable bonds is 9. The zero-order valence-electron chi connectivity index (χ0n) is 24.8. The molecule has 0 radical (unpaired) electrons. The van der Waals surface area contributed by atoms with Crippen LogP contribution in [0.2, 0.25) is 0 Å². The van der Waals surface area contributed by atoms with Gasteiger partial charge in [-0.15, -0.1) is 0 Å². The summed E-state index contributed by atoms with van der Waals surface area (Å²) in [5, 5.41) is 6.53. The minimum atomic E-state index is -0.216. The molecule has 218 valence electrons. The Balaban J connectivity index is 1.30. The van der Waals surface area contributed by atoms with E-state index in [1.54, 1.807) is 30.1 Å². The number of hydrogen-bond acceptors (Lipinski definition) is 4. The van der Waals surface area contributed by atoms with Crippen LogP contribution in [0, 0.1) is 0 Å². The number of nitrogens with one attached hydrogen (secondary N) is 2. The van der Waals surface area contributed by atoms with Gasteiger partial charge in [-0.3, -0.25) is 14.5 Å². The second-order valence-corrected chi connectivity index (χ2v) is 11.0. The van der Waals surface area contributed by atoms with Gasteiger partial charge in [-0.05, 0) is 66.2 Å². The molecule has 2 amide bonds. The fourth-order valence-corrected chi connectivity index (χ4v) is 5.50. The van der Waals surface area contributed by atoms with Crippen molar-refractivity contribution in [2.75, 3.05) is 29.6 Å². The van der Waals surface area contributed by atoms with Crippen LogP contribution in [0.1, 0.15) is 32.6 Å². The molecule has 1 aliphatic heterocycles. The maximum absolute atomic E-state index is 13.5. The third kappa shape index (κ3) is 6.31. The average molecular weight is 579 g/mol. The highest BCUT2D eigenvalue weighted by atomic mass is 16.2. The van der Waals surface area contributed by atoms with E-state index in [9.17, 15) is 9.59 Å². The SMILES string of the molecule is CN(Cc1ccccc1)Cc1ccc(NC(=C2C(=O)Nc3ccc(C(=O)N(C)c4ccccc4)cc32)c2ccccc2)cc1. The van der Waals surface area contributed by atoms with Crippen LogP contribution in [0.4, 0.5) is 17.1 Å². The quantitative estimate of drug-likeness (QED) is 0.178. The molecule has 1 heterocycles. The Labute approximate surface area is 258 Å². The normalized spacial score (nSPS) is 13.3. The third-order valence-corrected chi connectivity index (χ3v) is 7.74. The molecule has 0 saturated heterocycles. The van der Waals surface area contributed by atoms with Crippen molar-refractivity contribution in [3.8, 4) is 0 Å². The van der Waals surface area contributed by atoms with Gasteiger partial charge in [-0.1, -0.05) is 91.0 Å². The molecule has 0 atom stereocenters. The number of para-hydroxylation sites is 1. The number of carbonyl (C=O) groups is 2. The Morgan fingerprint density at radius 2 is 1.27 bits per heavy atom. The van der Waals surface area contributed by atoms with Gasteiger partial charge in [0.15, 0.2) is 0 Å². The number of nitrogens with zero attached hydrogens (tertiary/aromatic N) is 2. The summed E-state index contributed by atoms with van der Waals surface area (Å²) in [5.41, 5.74) is 8.04. The van der Waals surface area contributed by atoms with E-state index in [0.717, 1.165) is 30.0 Å². The van der Waals surface area contributed by atoms with Crippen LogP contribution < -0.4 is 15.5 Å². The lowest BCUT2D eigenvalue weighted by atomic mass is 9.98. The van der Waals surface area contributed by atoms with Gasteiger partial charge in [0.05, 0.1) is 11.3 Å². The lowest BCUT2D eigenvalue weighted by Gasteiger charge is -2.19. The number of hydrogen-bond donors (Lipinski definition) is 2. The monoisotopic (exact) mass is 578 g/mol.